The minimum absolute atomic E-state index is 0.0568. The highest BCUT2D eigenvalue weighted by molar-refractivity contribution is 5.90. The average Bonchev–Trinajstić information content (AvgIpc) is 2.59. The predicted octanol–water partition coefficient (Wildman–Crippen LogP) is 4.33. The summed E-state index contributed by atoms with van der Waals surface area (Å²) in [6.45, 7) is 6.72. The molecule has 4 aliphatic rings. The molecule has 2 aliphatic heterocycles. The van der Waals surface area contributed by atoms with Gasteiger partial charge < -0.3 is 14.2 Å². The van der Waals surface area contributed by atoms with Crippen LogP contribution in [0.1, 0.15) is 69.2 Å². The molecule has 3 atom stereocenters. The van der Waals surface area contributed by atoms with Gasteiger partial charge in [-0.2, -0.15) is 0 Å². The molecule has 0 aromatic heterocycles. The maximum absolute atomic E-state index is 13.2. The van der Waals surface area contributed by atoms with Gasteiger partial charge in [-0.1, -0.05) is 27.2 Å². The van der Waals surface area contributed by atoms with Gasteiger partial charge in [-0.3, -0.25) is 4.79 Å². The van der Waals surface area contributed by atoms with Crippen LogP contribution in [0.2, 0.25) is 0 Å². The van der Waals surface area contributed by atoms with E-state index in [0.29, 0.717) is 5.92 Å². The van der Waals surface area contributed by atoms with Crippen molar-refractivity contribution in [1.82, 2.24) is 0 Å². The Balaban J connectivity index is 2.05. The van der Waals surface area contributed by atoms with E-state index in [4.69, 9.17) is 14.2 Å². The third-order valence-corrected chi connectivity index (χ3v) is 6.92. The molecule has 1 aromatic rings. The lowest BCUT2D eigenvalue weighted by Crippen LogP contribution is -2.59. The lowest BCUT2D eigenvalue weighted by atomic mass is 9.47. The van der Waals surface area contributed by atoms with Crippen molar-refractivity contribution in [3.63, 3.8) is 0 Å². The molecule has 0 N–H and O–H groups in total. The van der Waals surface area contributed by atoms with Gasteiger partial charge >= 0.3 is 5.97 Å². The van der Waals surface area contributed by atoms with Crippen molar-refractivity contribution in [2.45, 2.75) is 64.4 Å². The van der Waals surface area contributed by atoms with Crippen LogP contribution in [0.5, 0.6) is 11.5 Å². The Kier molecular flexibility index (Phi) is 3.61. The number of carbonyl (C=O) groups is 1. The second-order valence-electron chi connectivity index (χ2n) is 8.42. The van der Waals surface area contributed by atoms with E-state index in [0.717, 1.165) is 60.3 Å². The minimum Gasteiger partial charge on any atom is -0.493 e. The molecule has 0 amide bonds. The summed E-state index contributed by atoms with van der Waals surface area (Å²) in [5.74, 6) is 1.76. The Bertz CT molecular complexity index is 736. The van der Waals surface area contributed by atoms with Crippen molar-refractivity contribution in [2.24, 2.45) is 11.3 Å². The third kappa shape index (κ3) is 1.97. The fourth-order valence-corrected chi connectivity index (χ4v) is 5.80. The van der Waals surface area contributed by atoms with Gasteiger partial charge in [0.15, 0.2) is 11.5 Å². The highest BCUT2D eigenvalue weighted by Crippen LogP contribution is 2.66. The number of benzene rings is 1. The first kappa shape index (κ1) is 16.7. The first-order valence-electron chi connectivity index (χ1n) is 9.40. The standard InChI is InChI=1S/C21H28O4/c1-6-12-10-13-14-11-15-20(2,3)8-7-9-21(15,19(22)25-14)16(13)18(24-5)17(12)23-4/h10,14-15H,6-9,11H2,1-5H3/t14-,15-,21+/m0/s1. The Hall–Kier alpha value is -1.71. The zero-order chi connectivity index (χ0) is 18.0. The SMILES string of the molecule is CCc1cc2c(c(OC)c1OC)[C@@]13CCCC(C)(C)[C@@H]1C[C@@H]2OC3=O. The van der Waals surface area contributed by atoms with Crippen LogP contribution in [-0.4, -0.2) is 20.2 Å². The van der Waals surface area contributed by atoms with E-state index in [1.807, 2.05) is 0 Å². The summed E-state index contributed by atoms with van der Waals surface area (Å²) < 4.78 is 17.5. The van der Waals surface area contributed by atoms with Crippen LogP contribution in [0, 0.1) is 11.3 Å². The number of aryl methyl sites for hydroxylation is 1. The third-order valence-electron chi connectivity index (χ3n) is 6.92. The maximum Gasteiger partial charge on any atom is 0.317 e. The van der Waals surface area contributed by atoms with Crippen molar-refractivity contribution >= 4 is 5.97 Å². The summed E-state index contributed by atoms with van der Waals surface area (Å²) in [5.41, 5.74) is 2.84. The highest BCUT2D eigenvalue weighted by atomic mass is 16.6. The molecule has 1 saturated carbocycles. The van der Waals surface area contributed by atoms with E-state index in [1.165, 1.54) is 0 Å². The number of fused-ring (bicyclic) bond motifs is 1. The van der Waals surface area contributed by atoms with Gasteiger partial charge in [-0.05, 0) is 48.6 Å². The number of esters is 1. The van der Waals surface area contributed by atoms with Crippen LogP contribution in [0.15, 0.2) is 6.07 Å². The van der Waals surface area contributed by atoms with Crippen molar-refractivity contribution in [3.8, 4) is 11.5 Å². The van der Waals surface area contributed by atoms with E-state index < -0.39 is 5.41 Å². The van der Waals surface area contributed by atoms with Gasteiger partial charge in [-0.25, -0.2) is 0 Å². The highest BCUT2D eigenvalue weighted by Gasteiger charge is 2.65. The quantitative estimate of drug-likeness (QED) is 0.766. The molecule has 1 aromatic carbocycles. The molecular weight excluding hydrogens is 316 g/mol. The van der Waals surface area contributed by atoms with Gasteiger partial charge in [-0.15, -0.1) is 0 Å². The second-order valence-corrected chi connectivity index (χ2v) is 8.42. The molecule has 0 unspecified atom stereocenters. The maximum atomic E-state index is 13.2. The van der Waals surface area contributed by atoms with E-state index in [1.54, 1.807) is 14.2 Å². The number of methoxy groups -OCH3 is 2. The molecular formula is C21H28O4. The zero-order valence-electron chi connectivity index (χ0n) is 15.9. The molecule has 1 spiro atoms. The first-order chi connectivity index (χ1) is 11.9. The fourth-order valence-electron chi connectivity index (χ4n) is 5.80. The molecule has 5 rings (SSSR count). The Morgan fingerprint density at radius 3 is 2.56 bits per heavy atom. The Morgan fingerprint density at radius 1 is 1.20 bits per heavy atom. The summed E-state index contributed by atoms with van der Waals surface area (Å²) in [4.78, 5) is 13.2. The van der Waals surface area contributed by atoms with E-state index in [2.05, 4.69) is 26.8 Å². The molecule has 2 bridgehead atoms. The predicted molar refractivity (Wildman–Crippen MR) is 95.2 cm³/mol. The molecule has 2 aliphatic carbocycles. The van der Waals surface area contributed by atoms with Crippen LogP contribution in [0.4, 0.5) is 0 Å². The van der Waals surface area contributed by atoms with Gasteiger partial charge in [0, 0.05) is 11.1 Å². The van der Waals surface area contributed by atoms with E-state index >= 15 is 0 Å². The monoisotopic (exact) mass is 344 g/mol. The summed E-state index contributed by atoms with van der Waals surface area (Å²) in [7, 11) is 3.37. The summed E-state index contributed by atoms with van der Waals surface area (Å²) >= 11 is 0. The van der Waals surface area contributed by atoms with E-state index in [-0.39, 0.29) is 17.5 Å². The van der Waals surface area contributed by atoms with Gasteiger partial charge in [0.2, 0.25) is 0 Å². The normalized spacial score (nSPS) is 31.8. The van der Waals surface area contributed by atoms with Crippen LogP contribution < -0.4 is 9.47 Å². The number of hydrogen-bond donors (Lipinski definition) is 0. The lowest BCUT2D eigenvalue weighted by Gasteiger charge is -2.59. The number of hydrogen-bond acceptors (Lipinski definition) is 4. The van der Waals surface area contributed by atoms with E-state index in [9.17, 15) is 4.79 Å². The largest absolute Gasteiger partial charge is 0.493 e. The first-order valence-corrected chi connectivity index (χ1v) is 9.40. The molecule has 136 valence electrons. The molecule has 25 heavy (non-hydrogen) atoms. The van der Waals surface area contributed by atoms with Crippen LogP contribution in [0.25, 0.3) is 0 Å². The van der Waals surface area contributed by atoms with Crippen LogP contribution in [0.3, 0.4) is 0 Å². The molecule has 0 radical (unpaired) electrons. The molecule has 4 nitrogen and oxygen atoms in total. The summed E-state index contributed by atoms with van der Waals surface area (Å²) in [6.07, 6.45) is 4.65. The Morgan fingerprint density at radius 2 is 1.92 bits per heavy atom. The van der Waals surface area contributed by atoms with Crippen molar-refractivity contribution in [2.75, 3.05) is 14.2 Å². The van der Waals surface area contributed by atoms with Crippen LogP contribution >= 0.6 is 0 Å². The second kappa shape index (κ2) is 5.39. The Labute approximate surface area is 149 Å². The number of ether oxygens (including phenoxy) is 3. The zero-order valence-corrected chi connectivity index (χ0v) is 15.9. The average molecular weight is 344 g/mol. The van der Waals surface area contributed by atoms with Crippen molar-refractivity contribution in [3.05, 3.63) is 22.8 Å². The molecule has 2 heterocycles. The minimum atomic E-state index is -0.587. The fraction of sp³-hybridized carbons (Fsp3) is 0.667. The molecule has 1 saturated heterocycles. The van der Waals surface area contributed by atoms with Crippen molar-refractivity contribution < 1.29 is 19.0 Å². The van der Waals surface area contributed by atoms with Crippen molar-refractivity contribution in [1.29, 1.82) is 0 Å². The molecule has 4 heteroatoms. The van der Waals surface area contributed by atoms with Gasteiger partial charge in [0.05, 0.1) is 14.2 Å². The van der Waals surface area contributed by atoms with Gasteiger partial charge in [0.25, 0.3) is 0 Å². The van der Waals surface area contributed by atoms with Crippen LogP contribution in [-0.2, 0) is 21.4 Å². The number of carbonyl (C=O) groups excluding carboxylic acids is 1. The smallest absolute Gasteiger partial charge is 0.317 e. The molecule has 2 fully saturated rings. The number of rotatable bonds is 3. The summed E-state index contributed by atoms with van der Waals surface area (Å²) in [6, 6.07) is 2.19. The topological polar surface area (TPSA) is 44.8 Å². The summed E-state index contributed by atoms with van der Waals surface area (Å²) in [5, 5.41) is 0. The van der Waals surface area contributed by atoms with Gasteiger partial charge in [0.1, 0.15) is 11.5 Å². The lowest BCUT2D eigenvalue weighted by molar-refractivity contribution is -0.185.